The van der Waals surface area contributed by atoms with Gasteiger partial charge in [0, 0.05) is 6.08 Å². The van der Waals surface area contributed by atoms with Gasteiger partial charge < -0.3 is 19.3 Å². The maximum atomic E-state index is 11.8. The lowest BCUT2D eigenvalue weighted by Gasteiger charge is -2.15. The van der Waals surface area contributed by atoms with Crippen molar-refractivity contribution in [2.45, 2.75) is 24.4 Å². The maximum Gasteiger partial charge on any atom is 0.331 e. The molecule has 0 saturated carbocycles. The first-order valence-electron chi connectivity index (χ1n) is 6.59. The molecule has 1 N–H and O–H groups in total. The molecule has 0 amide bonds. The second-order valence-electron chi connectivity index (χ2n) is 4.88. The van der Waals surface area contributed by atoms with Gasteiger partial charge >= 0.3 is 5.97 Å². The molecule has 0 unspecified atom stereocenters. The first kappa shape index (κ1) is 13.3. The Hall–Kier alpha value is -1.69. The molecule has 2 aliphatic heterocycles. The molecule has 3 rings (SSSR count). The fraction of sp³-hybridized carbons (Fsp3) is 0.400. The minimum absolute atomic E-state index is 0.225. The van der Waals surface area contributed by atoms with Crippen molar-refractivity contribution in [1.29, 1.82) is 0 Å². The average molecular weight is 276 g/mol. The Kier molecular flexibility index (Phi) is 3.82. The van der Waals surface area contributed by atoms with Crippen LogP contribution in [0.25, 0.3) is 6.08 Å². The summed E-state index contributed by atoms with van der Waals surface area (Å²) >= 11 is 0. The highest BCUT2D eigenvalue weighted by Crippen LogP contribution is 2.28. The molecule has 5 heteroatoms. The molecule has 106 valence electrons. The van der Waals surface area contributed by atoms with Crippen LogP contribution in [0.2, 0.25) is 0 Å². The third kappa shape index (κ3) is 2.75. The molecule has 2 saturated heterocycles. The Balaban J connectivity index is 1.56. The highest BCUT2D eigenvalue weighted by molar-refractivity contribution is 5.87. The molecule has 20 heavy (non-hydrogen) atoms. The normalized spacial score (nSPS) is 32.5. The SMILES string of the molecule is O=C(C=Cc1ccccc1)O[C@H]1CO[C@H]2[C@@H]1OC[C@H]2O. The molecule has 5 nitrogen and oxygen atoms in total. The van der Waals surface area contributed by atoms with Crippen LogP contribution >= 0.6 is 0 Å². The summed E-state index contributed by atoms with van der Waals surface area (Å²) < 4.78 is 16.1. The molecular weight excluding hydrogens is 260 g/mol. The monoisotopic (exact) mass is 276 g/mol. The topological polar surface area (TPSA) is 65.0 Å². The molecule has 4 atom stereocenters. The summed E-state index contributed by atoms with van der Waals surface area (Å²) in [5.41, 5.74) is 0.928. The Bertz CT molecular complexity index is 498. The van der Waals surface area contributed by atoms with Crippen molar-refractivity contribution >= 4 is 12.0 Å². The standard InChI is InChI=1S/C15H16O5/c16-11-8-18-15-12(9-19-14(11)15)20-13(17)7-6-10-4-2-1-3-5-10/h1-7,11-12,14-16H,8-9H2/t11-,12+,14-,15-/m1/s1. The van der Waals surface area contributed by atoms with Crippen LogP contribution in [0, 0.1) is 0 Å². The number of aliphatic hydroxyl groups excluding tert-OH is 1. The van der Waals surface area contributed by atoms with E-state index in [0.29, 0.717) is 0 Å². The van der Waals surface area contributed by atoms with Crippen LogP contribution in [0.15, 0.2) is 36.4 Å². The van der Waals surface area contributed by atoms with Crippen molar-refractivity contribution in [2.24, 2.45) is 0 Å². The summed E-state index contributed by atoms with van der Waals surface area (Å²) in [6.07, 6.45) is 1.24. The van der Waals surface area contributed by atoms with Gasteiger partial charge in [-0.2, -0.15) is 0 Å². The second kappa shape index (κ2) is 5.75. The van der Waals surface area contributed by atoms with Gasteiger partial charge in [0.25, 0.3) is 0 Å². The summed E-state index contributed by atoms with van der Waals surface area (Å²) in [4.78, 5) is 11.8. The minimum Gasteiger partial charge on any atom is -0.454 e. The molecule has 0 aromatic heterocycles. The van der Waals surface area contributed by atoms with E-state index in [1.807, 2.05) is 30.3 Å². The zero-order chi connectivity index (χ0) is 13.9. The Morgan fingerprint density at radius 1 is 1.20 bits per heavy atom. The van der Waals surface area contributed by atoms with Crippen molar-refractivity contribution in [3.8, 4) is 0 Å². The second-order valence-corrected chi connectivity index (χ2v) is 4.88. The highest BCUT2D eigenvalue weighted by atomic mass is 16.6. The molecule has 0 radical (unpaired) electrons. The van der Waals surface area contributed by atoms with E-state index in [-0.39, 0.29) is 25.4 Å². The van der Waals surface area contributed by atoms with Crippen molar-refractivity contribution in [1.82, 2.24) is 0 Å². The van der Waals surface area contributed by atoms with Crippen LogP contribution in [0.5, 0.6) is 0 Å². The van der Waals surface area contributed by atoms with Crippen LogP contribution in [0.1, 0.15) is 5.56 Å². The molecule has 2 fully saturated rings. The Morgan fingerprint density at radius 3 is 2.75 bits per heavy atom. The quantitative estimate of drug-likeness (QED) is 0.652. The fourth-order valence-corrected chi connectivity index (χ4v) is 2.46. The van der Waals surface area contributed by atoms with Gasteiger partial charge in [0.1, 0.15) is 18.3 Å². The lowest BCUT2D eigenvalue weighted by molar-refractivity contribution is -0.147. The van der Waals surface area contributed by atoms with E-state index in [1.165, 1.54) is 6.08 Å². The smallest absolute Gasteiger partial charge is 0.331 e. The van der Waals surface area contributed by atoms with E-state index in [2.05, 4.69) is 0 Å². The maximum absolute atomic E-state index is 11.8. The van der Waals surface area contributed by atoms with Crippen LogP contribution < -0.4 is 0 Å². The van der Waals surface area contributed by atoms with Crippen LogP contribution in [-0.4, -0.2) is 48.7 Å². The predicted molar refractivity (Wildman–Crippen MR) is 70.8 cm³/mol. The van der Waals surface area contributed by atoms with Gasteiger partial charge in [0.2, 0.25) is 0 Å². The summed E-state index contributed by atoms with van der Waals surface area (Å²) in [5.74, 6) is -0.437. The van der Waals surface area contributed by atoms with E-state index in [9.17, 15) is 9.90 Å². The Morgan fingerprint density at radius 2 is 1.95 bits per heavy atom. The molecule has 0 aliphatic carbocycles. The third-order valence-electron chi connectivity index (χ3n) is 3.46. The van der Waals surface area contributed by atoms with Gasteiger partial charge in [0.05, 0.1) is 13.2 Å². The minimum atomic E-state index is -0.636. The van der Waals surface area contributed by atoms with Crippen molar-refractivity contribution in [3.63, 3.8) is 0 Å². The van der Waals surface area contributed by atoms with E-state index in [0.717, 1.165) is 5.56 Å². The van der Waals surface area contributed by atoms with Gasteiger partial charge in [-0.25, -0.2) is 4.79 Å². The van der Waals surface area contributed by atoms with E-state index >= 15 is 0 Å². The summed E-state index contributed by atoms with van der Waals surface area (Å²) in [7, 11) is 0. The number of hydrogen-bond donors (Lipinski definition) is 1. The molecular formula is C15H16O5. The average Bonchev–Trinajstić information content (AvgIpc) is 3.02. The molecule has 0 bridgehead atoms. The van der Waals surface area contributed by atoms with E-state index in [4.69, 9.17) is 14.2 Å². The molecule has 0 spiro atoms. The zero-order valence-corrected chi connectivity index (χ0v) is 10.8. The van der Waals surface area contributed by atoms with Gasteiger partial charge in [-0.15, -0.1) is 0 Å². The van der Waals surface area contributed by atoms with Crippen molar-refractivity contribution in [3.05, 3.63) is 42.0 Å². The first-order valence-corrected chi connectivity index (χ1v) is 6.59. The molecule has 1 aromatic carbocycles. The largest absolute Gasteiger partial charge is 0.454 e. The van der Waals surface area contributed by atoms with E-state index < -0.39 is 18.2 Å². The van der Waals surface area contributed by atoms with Gasteiger partial charge in [-0.05, 0) is 11.6 Å². The number of fused-ring (bicyclic) bond motifs is 1. The number of rotatable bonds is 3. The number of ether oxygens (including phenoxy) is 3. The molecule has 1 aromatic rings. The summed E-state index contributed by atoms with van der Waals surface area (Å²) in [6.45, 7) is 0.487. The van der Waals surface area contributed by atoms with Crippen molar-refractivity contribution < 1.29 is 24.1 Å². The highest BCUT2D eigenvalue weighted by Gasteiger charge is 2.48. The summed E-state index contributed by atoms with van der Waals surface area (Å²) in [6, 6.07) is 9.50. The van der Waals surface area contributed by atoms with Gasteiger partial charge in [-0.1, -0.05) is 30.3 Å². The van der Waals surface area contributed by atoms with Crippen molar-refractivity contribution in [2.75, 3.05) is 13.2 Å². The number of aliphatic hydroxyl groups is 1. The number of hydrogen-bond acceptors (Lipinski definition) is 5. The number of carbonyl (C=O) groups excluding carboxylic acids is 1. The lowest BCUT2D eigenvalue weighted by Crippen LogP contribution is -2.33. The van der Waals surface area contributed by atoms with Crippen LogP contribution in [0.4, 0.5) is 0 Å². The summed E-state index contributed by atoms with van der Waals surface area (Å²) in [5, 5.41) is 9.60. The fourth-order valence-electron chi connectivity index (χ4n) is 2.46. The Labute approximate surface area is 116 Å². The first-order chi connectivity index (χ1) is 9.74. The van der Waals surface area contributed by atoms with Crippen LogP contribution in [-0.2, 0) is 19.0 Å². The third-order valence-corrected chi connectivity index (χ3v) is 3.46. The lowest BCUT2D eigenvalue weighted by atomic mass is 10.1. The van der Waals surface area contributed by atoms with Gasteiger partial charge in [-0.3, -0.25) is 0 Å². The molecule has 2 heterocycles. The van der Waals surface area contributed by atoms with Gasteiger partial charge in [0.15, 0.2) is 6.10 Å². The number of benzene rings is 1. The zero-order valence-electron chi connectivity index (χ0n) is 10.8. The number of carbonyl (C=O) groups is 1. The molecule has 2 aliphatic rings. The predicted octanol–water partition coefficient (Wildman–Crippen LogP) is 0.770. The van der Waals surface area contributed by atoms with Crippen LogP contribution in [0.3, 0.4) is 0 Å². The van der Waals surface area contributed by atoms with E-state index in [1.54, 1.807) is 6.08 Å². The number of esters is 1.